The van der Waals surface area contributed by atoms with Crippen LogP contribution in [-0.4, -0.2) is 16.7 Å². The van der Waals surface area contributed by atoms with Crippen molar-refractivity contribution in [3.05, 3.63) is 122 Å². The highest BCUT2D eigenvalue weighted by Gasteiger charge is 2.25. The lowest BCUT2D eigenvalue weighted by atomic mass is 10.3. The van der Waals surface area contributed by atoms with Crippen LogP contribution in [0, 0.1) is 0 Å². The van der Waals surface area contributed by atoms with Crippen LogP contribution < -0.4 is 19.7 Å². The molecular weight excluding hydrogens is 579 g/mol. The highest BCUT2D eigenvalue weighted by molar-refractivity contribution is 7.99. The fraction of sp³-hybridized carbons (Fsp3) is 0. The topological polar surface area (TPSA) is 114 Å². The molecule has 2 amide bonds. The molecule has 41 heavy (non-hydrogen) atoms. The van der Waals surface area contributed by atoms with Gasteiger partial charge in [0.15, 0.2) is 0 Å². The first kappa shape index (κ1) is 29.8. The van der Waals surface area contributed by atoms with Gasteiger partial charge in [-0.15, -0.1) is 0 Å². The highest BCUT2D eigenvalue weighted by Crippen LogP contribution is 2.45. The summed E-state index contributed by atoms with van der Waals surface area (Å²) in [5.41, 5.74) is 1.33. The Morgan fingerprint density at radius 1 is 0.610 bits per heavy atom. The quantitative estimate of drug-likeness (QED) is 0.111. The second-order valence-corrected chi connectivity index (χ2v) is 11.8. The average Bonchev–Trinajstić information content (AvgIpc) is 2.96. The molecule has 0 unspecified atom stereocenters. The van der Waals surface area contributed by atoms with Crippen LogP contribution in [0.25, 0.3) is 0 Å². The minimum Gasteiger partial charge on any atom is -0.395 e. The molecule has 0 heterocycles. The number of nitrogens with one attached hydrogen (secondary N) is 2. The highest BCUT2D eigenvalue weighted by atomic mass is 32.2. The second-order valence-electron chi connectivity index (χ2n) is 8.23. The lowest BCUT2D eigenvalue weighted by molar-refractivity contribution is -0.112. The van der Waals surface area contributed by atoms with Gasteiger partial charge in [-0.3, -0.25) is 14.5 Å². The zero-order valence-corrected chi connectivity index (χ0v) is 24.1. The molecule has 3 N–H and O–H groups in total. The zero-order valence-electron chi connectivity index (χ0n) is 21.6. The van der Waals surface area contributed by atoms with Crippen molar-refractivity contribution in [2.45, 2.75) is 19.6 Å². The monoisotopic (exact) mass is 604 g/mol. The molecule has 4 aromatic carbocycles. The predicted octanol–water partition coefficient (Wildman–Crippen LogP) is 7.80. The molecule has 11 heteroatoms. The van der Waals surface area contributed by atoms with Crippen LogP contribution in [0.3, 0.4) is 0 Å². The summed E-state index contributed by atoms with van der Waals surface area (Å²) in [7, 11) is -4.44. The first-order chi connectivity index (χ1) is 19.7. The molecule has 0 bridgehead atoms. The molecule has 0 aliphatic heterocycles. The van der Waals surface area contributed by atoms with Crippen molar-refractivity contribution in [1.82, 2.24) is 0 Å². The molecule has 0 radical (unpaired) electrons. The summed E-state index contributed by atoms with van der Waals surface area (Å²) in [5.74, 6) is -0.193. The van der Waals surface area contributed by atoms with Gasteiger partial charge < -0.3 is 19.7 Å². The minimum atomic E-state index is -4.44. The zero-order chi connectivity index (χ0) is 29.2. The molecule has 0 aromatic heterocycles. The summed E-state index contributed by atoms with van der Waals surface area (Å²) in [6, 6.07) is 28.0. The smallest absolute Gasteiger partial charge is 0.395 e. The molecular formula is C30H25N2O6PS2. The third-order valence-electron chi connectivity index (χ3n) is 5.17. The molecule has 0 aliphatic rings. The molecule has 0 atom stereocenters. The van der Waals surface area contributed by atoms with Gasteiger partial charge in [0.2, 0.25) is 11.8 Å². The lowest BCUT2D eigenvalue weighted by Gasteiger charge is -2.14. The standard InChI is InChI=1S/C30H25N2O6PS2/c1-3-29(33)31-21-5-13-25(14-6-21)40-27-17-9-23(10-18-27)37-39(35,36)38-24-11-19-28(20-12-24)41-26-15-7-22(8-16-26)32-30(34)4-2/h3-20H,1-2H2,(H,31,33)(H,32,34)(H,35,36). The largest absolute Gasteiger partial charge is 0.584 e. The summed E-state index contributed by atoms with van der Waals surface area (Å²) in [5, 5.41) is 5.38. The van der Waals surface area contributed by atoms with E-state index in [1.165, 1.54) is 35.7 Å². The number of phosphoric acid groups is 1. The van der Waals surface area contributed by atoms with Gasteiger partial charge >= 0.3 is 7.82 Å². The molecule has 208 valence electrons. The number of carbonyl (C=O) groups is 2. The maximum Gasteiger partial charge on any atom is 0.584 e. The fourth-order valence-corrected chi connectivity index (χ4v) is 5.74. The van der Waals surface area contributed by atoms with Crippen molar-refractivity contribution in [1.29, 1.82) is 0 Å². The summed E-state index contributed by atoms with van der Waals surface area (Å²) < 4.78 is 23.1. The van der Waals surface area contributed by atoms with Gasteiger partial charge in [0.05, 0.1) is 0 Å². The van der Waals surface area contributed by atoms with E-state index in [4.69, 9.17) is 9.05 Å². The number of anilines is 2. The van der Waals surface area contributed by atoms with E-state index in [-0.39, 0.29) is 23.3 Å². The molecule has 4 rings (SSSR count). The Morgan fingerprint density at radius 2 is 0.902 bits per heavy atom. The number of carbonyl (C=O) groups excluding carboxylic acids is 2. The normalized spacial score (nSPS) is 10.8. The molecule has 0 saturated carbocycles. The number of phosphoric ester groups is 1. The number of rotatable bonds is 12. The number of hydrogen-bond acceptors (Lipinski definition) is 7. The Kier molecular flexibility index (Phi) is 10.1. The van der Waals surface area contributed by atoms with Crippen LogP contribution in [0.15, 0.2) is 142 Å². The number of amides is 2. The molecule has 8 nitrogen and oxygen atoms in total. The fourth-order valence-electron chi connectivity index (χ4n) is 3.29. The Bertz CT molecular complexity index is 1460. The van der Waals surface area contributed by atoms with Gasteiger partial charge in [0.25, 0.3) is 0 Å². The van der Waals surface area contributed by atoms with Crippen molar-refractivity contribution < 1.29 is 28.1 Å². The maximum absolute atomic E-state index is 12.6. The second kappa shape index (κ2) is 13.9. The summed E-state index contributed by atoms with van der Waals surface area (Å²) in [6.07, 6.45) is 2.41. The van der Waals surface area contributed by atoms with E-state index in [1.807, 2.05) is 24.3 Å². The Balaban J connectivity index is 1.29. The van der Waals surface area contributed by atoms with Crippen molar-refractivity contribution in [2.75, 3.05) is 10.6 Å². The third-order valence-corrected chi connectivity index (χ3v) is 8.09. The van der Waals surface area contributed by atoms with Crippen LogP contribution in [0.2, 0.25) is 0 Å². The van der Waals surface area contributed by atoms with Crippen LogP contribution in [0.1, 0.15) is 0 Å². The van der Waals surface area contributed by atoms with Crippen molar-refractivity contribution in [3.63, 3.8) is 0 Å². The summed E-state index contributed by atoms with van der Waals surface area (Å²) >= 11 is 2.96. The van der Waals surface area contributed by atoms with Crippen LogP contribution in [0.4, 0.5) is 11.4 Å². The number of hydrogen-bond donors (Lipinski definition) is 3. The van der Waals surface area contributed by atoms with Gasteiger partial charge in [0, 0.05) is 31.0 Å². The van der Waals surface area contributed by atoms with Crippen LogP contribution in [-0.2, 0) is 14.2 Å². The van der Waals surface area contributed by atoms with Crippen LogP contribution >= 0.6 is 31.3 Å². The first-order valence-electron chi connectivity index (χ1n) is 12.1. The van der Waals surface area contributed by atoms with Crippen molar-refractivity contribution >= 4 is 54.5 Å². The van der Waals surface area contributed by atoms with Crippen molar-refractivity contribution in [2.24, 2.45) is 0 Å². The SMILES string of the molecule is C=CC(=O)Nc1ccc(Sc2ccc(OP(=O)(O)Oc3ccc(Sc4ccc(NC(=O)C=C)cc4)cc3)cc2)cc1. The Hall–Kier alpha value is -4.21. The summed E-state index contributed by atoms with van der Waals surface area (Å²) in [4.78, 5) is 36.7. The summed E-state index contributed by atoms with van der Waals surface area (Å²) in [6.45, 7) is 6.85. The van der Waals surface area contributed by atoms with E-state index in [9.17, 15) is 19.0 Å². The van der Waals surface area contributed by atoms with Gasteiger partial charge in [-0.2, -0.15) is 0 Å². The third kappa shape index (κ3) is 9.44. The first-order valence-corrected chi connectivity index (χ1v) is 15.2. The van der Waals surface area contributed by atoms with E-state index in [0.29, 0.717) is 11.4 Å². The van der Waals surface area contributed by atoms with Crippen molar-refractivity contribution in [3.8, 4) is 11.5 Å². The Labute approximate surface area is 246 Å². The van der Waals surface area contributed by atoms with Crippen LogP contribution in [0.5, 0.6) is 11.5 Å². The lowest BCUT2D eigenvalue weighted by Crippen LogP contribution is -2.06. The maximum atomic E-state index is 12.6. The molecule has 0 fully saturated rings. The predicted molar refractivity (Wildman–Crippen MR) is 163 cm³/mol. The number of benzene rings is 4. The van der Waals surface area contributed by atoms with E-state index in [1.54, 1.807) is 72.8 Å². The van der Waals surface area contributed by atoms with E-state index in [0.717, 1.165) is 19.6 Å². The van der Waals surface area contributed by atoms with Gasteiger partial charge in [-0.1, -0.05) is 36.7 Å². The van der Waals surface area contributed by atoms with Gasteiger partial charge in [0.1, 0.15) is 11.5 Å². The Morgan fingerprint density at radius 3 is 1.20 bits per heavy atom. The molecule has 0 spiro atoms. The van der Waals surface area contributed by atoms with Gasteiger partial charge in [-0.05, 0) is 109 Å². The average molecular weight is 605 g/mol. The van der Waals surface area contributed by atoms with E-state index < -0.39 is 7.82 Å². The molecule has 0 aliphatic carbocycles. The van der Waals surface area contributed by atoms with E-state index in [2.05, 4.69) is 23.8 Å². The van der Waals surface area contributed by atoms with Gasteiger partial charge in [-0.25, -0.2) is 4.57 Å². The minimum absolute atomic E-state index is 0.183. The van der Waals surface area contributed by atoms with E-state index >= 15 is 0 Å². The molecule has 0 saturated heterocycles. The molecule has 4 aromatic rings.